The molecule has 0 spiro atoms. The van der Waals surface area contributed by atoms with Crippen molar-refractivity contribution < 1.29 is 24.2 Å². The van der Waals surface area contributed by atoms with Gasteiger partial charge < -0.3 is 24.8 Å². The van der Waals surface area contributed by atoms with Gasteiger partial charge in [-0.3, -0.25) is 19.2 Å². The topological polar surface area (TPSA) is 109 Å². The molecule has 2 bridgehead atoms. The molecule has 2 saturated heterocycles. The van der Waals surface area contributed by atoms with E-state index in [2.05, 4.69) is 22.2 Å². The summed E-state index contributed by atoms with van der Waals surface area (Å²) in [6.45, 7) is 4.62. The summed E-state index contributed by atoms with van der Waals surface area (Å²) in [7, 11) is 1.87. The van der Waals surface area contributed by atoms with Crippen LogP contribution in [0.25, 0.3) is 11.1 Å². The predicted octanol–water partition coefficient (Wildman–Crippen LogP) is 2.60. The van der Waals surface area contributed by atoms with Crippen molar-refractivity contribution in [2.75, 3.05) is 32.8 Å². The van der Waals surface area contributed by atoms with Crippen molar-refractivity contribution in [1.82, 2.24) is 24.9 Å². The lowest BCUT2D eigenvalue weighted by Crippen LogP contribution is -2.63. The summed E-state index contributed by atoms with van der Waals surface area (Å²) < 4.78 is 14.3. The number of carbonyl (C=O) groups is 2. The van der Waals surface area contributed by atoms with Crippen molar-refractivity contribution in [2.45, 2.75) is 82.3 Å². The fourth-order valence-corrected chi connectivity index (χ4v) is 6.90. The first-order valence-electron chi connectivity index (χ1n) is 15.3. The Hall–Kier alpha value is -2.95. The molecular weight excluding hydrogens is 522 g/mol. The number of nitrogens with zero attached hydrogens (tertiary/aromatic N) is 4. The third-order valence-corrected chi connectivity index (χ3v) is 9.48. The summed E-state index contributed by atoms with van der Waals surface area (Å²) in [5.41, 5.74) is 2.31. The Balaban J connectivity index is 1.31. The van der Waals surface area contributed by atoms with E-state index in [1.807, 2.05) is 31.4 Å². The van der Waals surface area contributed by atoms with Crippen LogP contribution >= 0.6 is 0 Å². The minimum absolute atomic E-state index is 0.0840. The Morgan fingerprint density at radius 1 is 1.02 bits per heavy atom. The van der Waals surface area contributed by atoms with Gasteiger partial charge in [0.05, 0.1) is 30.6 Å². The molecule has 2 N–H and O–H groups in total. The van der Waals surface area contributed by atoms with Gasteiger partial charge in [0.15, 0.2) is 0 Å². The maximum atomic E-state index is 14.2. The van der Waals surface area contributed by atoms with Crippen LogP contribution in [0, 0.1) is 5.92 Å². The van der Waals surface area contributed by atoms with Gasteiger partial charge in [0, 0.05) is 57.4 Å². The third-order valence-electron chi connectivity index (χ3n) is 9.48. The maximum absolute atomic E-state index is 14.2. The molecule has 2 aromatic rings. The number of benzene rings is 1. The van der Waals surface area contributed by atoms with Crippen LogP contribution in [0.5, 0.6) is 5.75 Å². The van der Waals surface area contributed by atoms with E-state index in [4.69, 9.17) is 9.47 Å². The van der Waals surface area contributed by atoms with Crippen molar-refractivity contribution in [3.05, 3.63) is 36.2 Å². The zero-order chi connectivity index (χ0) is 28.5. The largest absolute Gasteiger partial charge is 0.493 e. The second-order valence-electron chi connectivity index (χ2n) is 12.4. The number of aliphatic hydroxyl groups excluding tert-OH is 1. The number of fused-ring (bicyclic) bond motifs is 4. The number of nitrogens with one attached hydrogen (secondary N) is 1. The first-order valence-corrected chi connectivity index (χ1v) is 15.3. The normalized spacial score (nSPS) is 31.8. The van der Waals surface area contributed by atoms with Crippen LogP contribution in [-0.2, 0) is 16.6 Å². The Bertz CT molecular complexity index is 1240. The van der Waals surface area contributed by atoms with E-state index in [1.165, 1.54) is 12.8 Å². The number of carbonyl (C=O) groups excluding carboxylic acids is 2. The predicted molar refractivity (Wildman–Crippen MR) is 153 cm³/mol. The number of piperazine rings is 1. The van der Waals surface area contributed by atoms with Gasteiger partial charge in [-0.25, -0.2) is 0 Å². The number of rotatable bonds is 2. The zero-order valence-corrected chi connectivity index (χ0v) is 24.2. The number of aryl methyl sites for hydroxylation is 1. The third kappa shape index (κ3) is 6.15. The van der Waals surface area contributed by atoms with Gasteiger partial charge in [-0.2, -0.15) is 5.10 Å². The zero-order valence-electron chi connectivity index (χ0n) is 24.2. The Morgan fingerprint density at radius 2 is 1.85 bits per heavy atom. The molecule has 0 unspecified atom stereocenters. The van der Waals surface area contributed by atoms with Crippen LogP contribution in [0.2, 0.25) is 0 Å². The lowest BCUT2D eigenvalue weighted by atomic mass is 9.86. The molecule has 0 radical (unpaired) electrons. The quantitative estimate of drug-likeness (QED) is 0.576. The maximum Gasteiger partial charge on any atom is 0.258 e. The molecular formula is C31H43N5O5. The number of aromatic nitrogens is 2. The highest BCUT2D eigenvalue weighted by molar-refractivity contribution is 6.00. The van der Waals surface area contributed by atoms with Crippen molar-refractivity contribution >= 4 is 11.8 Å². The average Bonchev–Trinajstić information content (AvgIpc) is 3.42. The Kier molecular flexibility index (Phi) is 8.33. The molecule has 222 valence electrons. The molecule has 41 heavy (non-hydrogen) atoms. The second kappa shape index (κ2) is 12.1. The van der Waals surface area contributed by atoms with E-state index in [0.717, 1.165) is 42.9 Å². The van der Waals surface area contributed by atoms with Gasteiger partial charge in [-0.05, 0) is 62.1 Å². The number of ether oxygens (including phenoxy) is 2. The standard InChI is InChI=1S/C31H43N5O5/c1-20-3-6-23(7-4-20)35-12-13-36-26(19-35)30(38)32-17-29-27(37)10-8-24(41-29)11-14-40-28-15-21(5-9-25(28)31(36)39)22-16-33-34(2)18-22/h5,9,15-16,18,20,23-24,26-27,29,37H,3-4,6-8,10-14,17,19H2,1-2H3,(H,32,38)/t20?,23?,24-,26-,27-,29+/m0/s1. The van der Waals surface area contributed by atoms with Crippen LogP contribution in [0.4, 0.5) is 0 Å². The molecule has 1 aliphatic carbocycles. The summed E-state index contributed by atoms with van der Waals surface area (Å²) >= 11 is 0. The summed E-state index contributed by atoms with van der Waals surface area (Å²) in [5.74, 6) is 0.856. The molecule has 2 amide bonds. The summed E-state index contributed by atoms with van der Waals surface area (Å²) in [5, 5.41) is 17.9. The highest BCUT2D eigenvalue weighted by atomic mass is 16.5. The van der Waals surface area contributed by atoms with Crippen LogP contribution in [0.3, 0.4) is 0 Å². The van der Waals surface area contributed by atoms with E-state index < -0.39 is 18.2 Å². The number of amides is 2. The number of aliphatic hydroxyl groups is 1. The minimum Gasteiger partial charge on any atom is -0.493 e. The number of hydrogen-bond donors (Lipinski definition) is 2. The fourth-order valence-electron chi connectivity index (χ4n) is 6.90. The van der Waals surface area contributed by atoms with Gasteiger partial charge in [-0.15, -0.1) is 0 Å². The molecule has 1 aromatic carbocycles. The van der Waals surface area contributed by atoms with Gasteiger partial charge >= 0.3 is 0 Å². The van der Waals surface area contributed by atoms with Gasteiger partial charge in [0.2, 0.25) is 5.91 Å². The molecule has 10 nitrogen and oxygen atoms in total. The van der Waals surface area contributed by atoms with Gasteiger partial charge in [0.1, 0.15) is 17.9 Å². The Morgan fingerprint density at radius 3 is 2.63 bits per heavy atom. The molecule has 10 heteroatoms. The van der Waals surface area contributed by atoms with Crippen LogP contribution < -0.4 is 10.1 Å². The molecule has 6 rings (SSSR count). The SMILES string of the molecule is CC1CCC(N2CCN3C(=O)c4ccc(-c5cnn(C)c5)cc4OCC[C@@H]4CC[C@H](O)[C@@H](CNC(=O)[C@@H]3C2)O4)CC1. The first kappa shape index (κ1) is 28.2. The van der Waals surface area contributed by atoms with Crippen molar-refractivity contribution in [3.8, 4) is 16.9 Å². The highest BCUT2D eigenvalue weighted by Gasteiger charge is 2.40. The van der Waals surface area contributed by atoms with E-state index in [1.54, 1.807) is 15.8 Å². The first-order chi connectivity index (χ1) is 19.9. The monoisotopic (exact) mass is 565 g/mol. The van der Waals surface area contributed by atoms with E-state index >= 15 is 0 Å². The summed E-state index contributed by atoms with van der Waals surface area (Å²) in [6.07, 6.45) is 9.15. The Labute approximate surface area is 242 Å². The van der Waals surface area contributed by atoms with Gasteiger partial charge in [-0.1, -0.05) is 13.0 Å². The average molecular weight is 566 g/mol. The smallest absolute Gasteiger partial charge is 0.258 e. The van der Waals surface area contributed by atoms with E-state index in [-0.39, 0.29) is 24.5 Å². The van der Waals surface area contributed by atoms with E-state index in [9.17, 15) is 14.7 Å². The highest BCUT2D eigenvalue weighted by Crippen LogP contribution is 2.32. The lowest BCUT2D eigenvalue weighted by Gasteiger charge is -2.45. The van der Waals surface area contributed by atoms with Crippen molar-refractivity contribution in [3.63, 3.8) is 0 Å². The second-order valence-corrected chi connectivity index (χ2v) is 12.4. The fraction of sp³-hybridized carbons (Fsp3) is 0.645. The molecule has 4 atom stereocenters. The lowest BCUT2D eigenvalue weighted by molar-refractivity contribution is -0.135. The summed E-state index contributed by atoms with van der Waals surface area (Å²) in [6, 6.07) is 5.44. The number of hydrogen-bond acceptors (Lipinski definition) is 7. The molecule has 1 saturated carbocycles. The molecule has 4 aliphatic rings. The molecule has 3 aliphatic heterocycles. The van der Waals surface area contributed by atoms with Crippen molar-refractivity contribution in [1.29, 1.82) is 0 Å². The van der Waals surface area contributed by atoms with Crippen LogP contribution in [-0.4, -0.2) is 99.7 Å². The minimum atomic E-state index is -0.638. The van der Waals surface area contributed by atoms with E-state index in [0.29, 0.717) is 49.9 Å². The van der Waals surface area contributed by atoms with Crippen LogP contribution in [0.15, 0.2) is 30.6 Å². The molecule has 4 heterocycles. The molecule has 1 aromatic heterocycles. The van der Waals surface area contributed by atoms with Gasteiger partial charge in [0.25, 0.3) is 5.91 Å². The molecule has 3 fully saturated rings. The summed E-state index contributed by atoms with van der Waals surface area (Å²) in [4.78, 5) is 32.1. The van der Waals surface area contributed by atoms with Crippen molar-refractivity contribution in [2.24, 2.45) is 13.0 Å². The van der Waals surface area contributed by atoms with Crippen LogP contribution in [0.1, 0.15) is 62.2 Å².